The van der Waals surface area contributed by atoms with Gasteiger partial charge in [-0.3, -0.25) is 0 Å². The SMILES string of the molecule is COC(=O)c1cc2c(cc1Cl)cc(-c1cncnc1)n2S(=O)(=O)c1cc(Br)cc(Cl)c1O.COCOc1cc2c(cc1Cl)cc(C)n2S(=O)(=O)c1cc(Br)cc(Cl)c1O.Cc1cc2cc(Cl)ccc2n1S(=O)(=O)c1cc(Cl)c(O)cc1Br.O=S(=O)(c1cc(Br)cc(Cl)c1O)n1c(-c2cnc(C(F)(F)F)nc2)cc2cc(Cl)ccc21.O=S(=O)(c1cc(Br)cc(Cl)c1O)n1c(Cc2ccccc2OC(F)(F)F)cc2cc(Cl)ccc21. The van der Waals surface area contributed by atoms with E-state index in [1.807, 2.05) is 0 Å². The Labute approximate surface area is 927 Å². The van der Waals surface area contributed by atoms with Crippen molar-refractivity contribution in [2.24, 2.45) is 0 Å². The number of phenols is 5. The van der Waals surface area contributed by atoms with Crippen molar-refractivity contribution < 1.29 is 118 Å². The van der Waals surface area contributed by atoms with Crippen molar-refractivity contribution >= 4 is 306 Å². The summed E-state index contributed by atoms with van der Waals surface area (Å²) in [5.74, 6) is -4.97. The van der Waals surface area contributed by atoms with Crippen molar-refractivity contribution in [1.82, 2.24) is 39.8 Å². The van der Waals surface area contributed by atoms with Crippen LogP contribution in [0.3, 0.4) is 0 Å². The molecule has 7 aromatic heterocycles. The molecular formula is C93H58Br5Cl10F6N9O20S5. The van der Waals surface area contributed by atoms with Gasteiger partial charge in [0.05, 0.1) is 86.8 Å². The van der Waals surface area contributed by atoms with E-state index in [0.29, 0.717) is 83.0 Å². The van der Waals surface area contributed by atoms with Crippen LogP contribution in [0.15, 0.2) is 272 Å². The van der Waals surface area contributed by atoms with E-state index in [1.165, 1.54) is 176 Å². The Morgan fingerprint density at radius 3 is 1.24 bits per heavy atom. The van der Waals surface area contributed by atoms with Gasteiger partial charge in [-0.05, 0) is 200 Å². The first-order valence-electron chi connectivity index (χ1n) is 40.7. The highest BCUT2D eigenvalue weighted by Crippen LogP contribution is 2.48. The second kappa shape index (κ2) is 44.7. The van der Waals surface area contributed by atoms with Gasteiger partial charge >= 0.3 is 18.5 Å². The molecular weight excluding hydrogens is 2590 g/mol. The number of para-hydroxylation sites is 1. The van der Waals surface area contributed by atoms with Crippen LogP contribution < -0.4 is 9.47 Å². The van der Waals surface area contributed by atoms with Gasteiger partial charge in [-0.1, -0.05) is 198 Å². The number of fused-ring (bicyclic) bond motifs is 5. The summed E-state index contributed by atoms with van der Waals surface area (Å²) in [6, 6.07) is 45.8. The van der Waals surface area contributed by atoms with E-state index >= 15 is 0 Å². The van der Waals surface area contributed by atoms with Crippen LogP contribution in [-0.4, -0.2) is 141 Å². The molecule has 0 fully saturated rings. The lowest BCUT2D eigenvalue weighted by Gasteiger charge is -2.16. The monoisotopic (exact) mass is 2640 g/mol. The lowest BCUT2D eigenvalue weighted by atomic mass is 10.1. The molecule has 0 saturated heterocycles. The van der Waals surface area contributed by atoms with Gasteiger partial charge in [0.15, 0.2) is 29.8 Å². The fourth-order valence-corrected chi connectivity index (χ4v) is 29.5. The Morgan fingerprint density at radius 2 is 0.777 bits per heavy atom. The summed E-state index contributed by atoms with van der Waals surface area (Å²) in [7, 11) is -18.8. The third kappa shape index (κ3) is 23.7. The molecule has 0 bridgehead atoms. The number of ether oxygens (including phenoxy) is 4. The van der Waals surface area contributed by atoms with Gasteiger partial charge in [0.25, 0.3) is 50.1 Å². The maximum atomic E-state index is 13.8. The minimum absolute atomic E-state index is 0.00511. The molecule has 18 aromatic rings. The topological polar surface area (TPSA) is 402 Å². The molecule has 5 N–H and O–H groups in total. The molecule has 55 heteroatoms. The molecule has 29 nitrogen and oxygen atoms in total. The number of aromatic nitrogens is 9. The number of rotatable bonds is 19. The molecule has 18 rings (SSSR count). The van der Waals surface area contributed by atoms with E-state index in [1.54, 1.807) is 56.3 Å². The van der Waals surface area contributed by atoms with Gasteiger partial charge in [0.1, 0.15) is 48.1 Å². The predicted molar refractivity (Wildman–Crippen MR) is 568 cm³/mol. The highest BCUT2D eigenvalue weighted by atomic mass is 79.9. The van der Waals surface area contributed by atoms with E-state index in [4.69, 9.17) is 130 Å². The number of hydrogen-bond donors (Lipinski definition) is 5. The average molecular weight is 2650 g/mol. The average Bonchev–Trinajstić information content (AvgIpc) is 1.58. The predicted octanol–water partition coefficient (Wildman–Crippen LogP) is 28.1. The number of hydrogen-bond acceptors (Lipinski definition) is 24. The molecule has 7 heterocycles. The normalized spacial score (nSPS) is 12.1. The number of methoxy groups -OCH3 is 2. The smallest absolute Gasteiger partial charge is 0.506 e. The molecule has 0 radical (unpaired) electrons. The van der Waals surface area contributed by atoms with Gasteiger partial charge in [-0.25, -0.2) is 86.7 Å². The Hall–Kier alpha value is -10.1. The Kier molecular flexibility index (Phi) is 34.3. The van der Waals surface area contributed by atoms with Crippen LogP contribution in [0.1, 0.15) is 38.8 Å². The summed E-state index contributed by atoms with van der Waals surface area (Å²) in [5, 5.41) is 54.5. The number of benzene rings is 11. The third-order valence-corrected chi connectivity index (χ3v) is 35.6. The number of esters is 1. The van der Waals surface area contributed by atoms with Crippen molar-refractivity contribution in [3.05, 3.63) is 332 Å². The number of nitrogens with zero attached hydrogens (tertiary/aromatic N) is 9. The maximum Gasteiger partial charge on any atom is 0.573 e. The van der Waals surface area contributed by atoms with E-state index in [0.717, 1.165) is 45.8 Å². The number of phenolic OH excluding ortho intramolecular Hbond substituents is 5. The first kappa shape index (κ1) is 114. The highest BCUT2D eigenvalue weighted by molar-refractivity contribution is 9.11. The largest absolute Gasteiger partial charge is 0.573 e. The molecule has 0 aliphatic heterocycles. The van der Waals surface area contributed by atoms with Crippen LogP contribution in [0.25, 0.3) is 77.0 Å². The number of carbonyl (C=O) groups excluding carboxylic acids is 1. The summed E-state index contributed by atoms with van der Waals surface area (Å²) in [5.41, 5.74) is 3.06. The molecule has 0 aliphatic rings. The summed E-state index contributed by atoms with van der Waals surface area (Å²) in [6.07, 6.45) is -4.02. The second-order valence-corrected chi connectivity index (χ2v) is 48.4. The Bertz CT molecular complexity index is 9070. The highest BCUT2D eigenvalue weighted by Gasteiger charge is 2.39. The van der Waals surface area contributed by atoms with E-state index in [-0.39, 0.29) is 124 Å². The zero-order valence-corrected chi connectivity index (χ0v) is 93.7. The molecule has 148 heavy (non-hydrogen) atoms. The number of aromatic hydroxyl groups is 5. The van der Waals surface area contributed by atoms with Gasteiger partial charge < -0.3 is 44.5 Å². The third-order valence-electron chi connectivity index (χ3n) is 21.2. The zero-order chi connectivity index (χ0) is 108. The first-order chi connectivity index (χ1) is 69.3. The Morgan fingerprint density at radius 1 is 0.392 bits per heavy atom. The van der Waals surface area contributed by atoms with Crippen molar-refractivity contribution in [3.8, 4) is 62.8 Å². The summed E-state index contributed by atoms with van der Waals surface area (Å²) in [6.45, 7) is 3.29. The van der Waals surface area contributed by atoms with Crippen LogP contribution in [0.2, 0.25) is 50.2 Å². The fourth-order valence-electron chi connectivity index (χ4n) is 14.9. The van der Waals surface area contributed by atoms with Crippen LogP contribution >= 0.6 is 196 Å². The lowest BCUT2D eigenvalue weighted by molar-refractivity contribution is -0.274. The van der Waals surface area contributed by atoms with Crippen LogP contribution in [0, 0.1) is 13.8 Å². The second-order valence-electron chi connectivity index (χ2n) is 30.9. The number of aryl methyl sites for hydroxylation is 2. The molecule has 0 unspecified atom stereocenters. The van der Waals surface area contributed by atoms with Crippen molar-refractivity contribution in [3.63, 3.8) is 0 Å². The molecule has 0 saturated carbocycles. The quantitative estimate of drug-likeness (QED) is 0.0285. The van der Waals surface area contributed by atoms with Crippen molar-refractivity contribution in [2.75, 3.05) is 21.0 Å². The minimum atomic E-state index is -4.93. The van der Waals surface area contributed by atoms with Crippen LogP contribution in [0.4, 0.5) is 26.3 Å². The molecule has 0 aliphatic carbocycles. The lowest BCUT2D eigenvalue weighted by Crippen LogP contribution is -2.19. The van der Waals surface area contributed by atoms with Crippen LogP contribution in [-0.2, 0) is 72.2 Å². The van der Waals surface area contributed by atoms with Crippen molar-refractivity contribution in [2.45, 2.75) is 57.3 Å². The van der Waals surface area contributed by atoms with Gasteiger partial charge in [0, 0.05) is 143 Å². The van der Waals surface area contributed by atoms with E-state index in [9.17, 15) is 98.8 Å². The van der Waals surface area contributed by atoms with Crippen LogP contribution in [0.5, 0.6) is 40.2 Å². The molecule has 0 spiro atoms. The number of carbonyl (C=O) groups is 1. The number of halogens is 21. The van der Waals surface area contributed by atoms with Gasteiger partial charge in [0.2, 0.25) is 5.82 Å². The molecule has 0 amide bonds. The van der Waals surface area contributed by atoms with E-state index < -0.39 is 118 Å². The summed E-state index contributed by atoms with van der Waals surface area (Å²) >= 11 is 76.1. The minimum Gasteiger partial charge on any atom is -0.506 e. The molecule has 0 atom stereocenters. The fraction of sp³-hybridized carbons (Fsp3) is 0.0860. The summed E-state index contributed by atoms with van der Waals surface area (Å²) in [4.78, 5) is 24.9. The first-order valence-corrected chi connectivity index (χ1v) is 55.7. The zero-order valence-electron chi connectivity index (χ0n) is 74.1. The van der Waals surface area contributed by atoms with Crippen molar-refractivity contribution in [1.29, 1.82) is 0 Å². The maximum absolute atomic E-state index is 13.8. The molecule has 11 aromatic carbocycles. The molecule has 772 valence electrons. The Balaban J connectivity index is 0.000000147. The summed E-state index contributed by atoms with van der Waals surface area (Å²) < 4.78 is 238. The van der Waals surface area contributed by atoms with Gasteiger partial charge in [-0.15, -0.1) is 13.2 Å². The van der Waals surface area contributed by atoms with Gasteiger partial charge in [-0.2, -0.15) is 13.2 Å². The number of alkyl halides is 6. The van der Waals surface area contributed by atoms with E-state index in [2.05, 4.69) is 104 Å². The standard InChI is InChI=1S/C22H13BrCl2F3NO4S.C20H12BrCl2N3O5S.C19H9BrCl2F3N3O3S.C17H14BrCl2NO5S.C15H10BrCl2NO3S/c23-14-10-17(25)21(30)20(11-14)34(31,32)29-16(9-13-7-15(24)5-6-18(13)29)8-12-3-1-2-4-19(12)33-22(26,27)28;1-31-20(28)13-6-17-10(2-14(13)22)3-16(11-7-24-9-25-8-11)26(17)32(29,30)18-5-12(21)4-15(23)19(18)27;20-11-5-13(22)17(29)16(6-11)32(30,31)28-14-2-1-12(21)3-9(14)4-15(28)10-7-26-18(27-8-10)19(23,24)25;1-9-3-10-4-12(19)15(26-8-25-2)7-14(10)21(9)27(23,24)16-6-11(18)5-13(20)17(16)22;1-8-4-9-5-10(17)2-3-13(9)19(8)23(21,22)15-7-12(18)14(20)6-11(15)16/h1-7,9-11,30H,8H2;2-9,27H,1H3;1-8,29H;3-7,22H,8H2,1-2H3;2-7,20H,1H3.